The quantitative estimate of drug-likeness (QED) is 0.352. The van der Waals surface area contributed by atoms with Gasteiger partial charge in [-0.1, -0.05) is 30.3 Å². The minimum Gasteiger partial charge on any atom is -0.326 e. The van der Waals surface area contributed by atoms with Crippen molar-refractivity contribution in [2.75, 3.05) is 10.6 Å². The summed E-state index contributed by atoms with van der Waals surface area (Å²) in [5, 5.41) is 5.58. The zero-order chi connectivity index (χ0) is 20.6. The van der Waals surface area contributed by atoms with Crippen molar-refractivity contribution in [3.05, 3.63) is 84.4 Å². The molecule has 0 heterocycles. The molecule has 0 aliphatic carbocycles. The summed E-state index contributed by atoms with van der Waals surface area (Å²) in [5.41, 5.74) is 2.80. The smallest absolute Gasteiger partial charge is 0.221 e. The minimum atomic E-state index is -0.0779. The van der Waals surface area contributed by atoms with E-state index in [1.54, 1.807) is 23.5 Å². The van der Waals surface area contributed by atoms with Gasteiger partial charge in [-0.3, -0.25) is 9.59 Å². The second kappa shape index (κ2) is 10.2. The predicted octanol–water partition coefficient (Wildman–Crippen LogP) is 6.19. The maximum Gasteiger partial charge on any atom is 0.221 e. The SMILES string of the molecule is CC(=O)Nc1ccc(SC(Sc2ccc(NC(C)=O)cc2)c2ccccc2)cc1. The Morgan fingerprint density at radius 3 is 1.45 bits per heavy atom. The van der Waals surface area contributed by atoms with Crippen molar-refractivity contribution in [1.82, 2.24) is 0 Å². The molecule has 0 aromatic heterocycles. The molecule has 0 aliphatic rings. The van der Waals surface area contributed by atoms with Gasteiger partial charge in [-0.05, 0) is 54.1 Å². The van der Waals surface area contributed by atoms with Crippen LogP contribution in [0.1, 0.15) is 24.0 Å². The maximum absolute atomic E-state index is 11.2. The highest BCUT2D eigenvalue weighted by Gasteiger charge is 2.15. The van der Waals surface area contributed by atoms with Crippen molar-refractivity contribution < 1.29 is 9.59 Å². The van der Waals surface area contributed by atoms with E-state index in [0.29, 0.717) is 0 Å². The number of carbonyl (C=O) groups excluding carboxylic acids is 2. The lowest BCUT2D eigenvalue weighted by Crippen LogP contribution is -2.05. The minimum absolute atomic E-state index is 0.0779. The van der Waals surface area contributed by atoms with Crippen LogP contribution >= 0.6 is 23.5 Å². The Bertz CT molecular complexity index is 897. The summed E-state index contributed by atoms with van der Waals surface area (Å²) in [6.07, 6.45) is 0. The maximum atomic E-state index is 11.2. The third-order valence-corrected chi connectivity index (χ3v) is 6.55. The number of thioether (sulfide) groups is 2. The lowest BCUT2D eigenvalue weighted by Gasteiger charge is -2.17. The standard InChI is InChI=1S/C23H22N2O2S2/c1-16(26)24-19-8-12-21(13-9-19)28-23(18-6-4-3-5-7-18)29-22-14-10-20(11-15-22)25-17(2)27/h3-15,23H,1-2H3,(H,24,26)(H,25,27). The van der Waals surface area contributed by atoms with E-state index < -0.39 is 0 Å². The van der Waals surface area contributed by atoms with Crippen molar-refractivity contribution >= 4 is 46.7 Å². The van der Waals surface area contributed by atoms with Crippen LogP contribution in [0, 0.1) is 0 Å². The Morgan fingerprint density at radius 2 is 1.07 bits per heavy atom. The second-order valence-electron chi connectivity index (χ2n) is 6.39. The third kappa shape index (κ3) is 6.69. The number of hydrogen-bond acceptors (Lipinski definition) is 4. The molecule has 0 fully saturated rings. The molecular formula is C23H22N2O2S2. The molecule has 3 aromatic carbocycles. The van der Waals surface area contributed by atoms with Gasteiger partial charge in [-0.15, -0.1) is 23.5 Å². The topological polar surface area (TPSA) is 58.2 Å². The average Bonchev–Trinajstić information content (AvgIpc) is 2.70. The normalized spacial score (nSPS) is 10.6. The number of carbonyl (C=O) groups is 2. The second-order valence-corrected chi connectivity index (χ2v) is 9.04. The van der Waals surface area contributed by atoms with Crippen LogP contribution in [0.25, 0.3) is 0 Å². The van der Waals surface area contributed by atoms with E-state index in [1.807, 2.05) is 66.7 Å². The number of benzene rings is 3. The molecule has 2 amide bonds. The van der Waals surface area contributed by atoms with Gasteiger partial charge in [0, 0.05) is 35.0 Å². The van der Waals surface area contributed by atoms with Gasteiger partial charge < -0.3 is 10.6 Å². The molecule has 148 valence electrons. The average molecular weight is 423 g/mol. The molecule has 0 saturated heterocycles. The first-order chi connectivity index (χ1) is 14.0. The highest BCUT2D eigenvalue weighted by molar-refractivity contribution is 8.16. The van der Waals surface area contributed by atoms with Crippen molar-refractivity contribution in [2.45, 2.75) is 28.2 Å². The summed E-state index contributed by atoms with van der Waals surface area (Å²) in [7, 11) is 0. The first-order valence-corrected chi connectivity index (χ1v) is 10.9. The van der Waals surface area contributed by atoms with E-state index in [-0.39, 0.29) is 16.4 Å². The van der Waals surface area contributed by atoms with Crippen LogP contribution in [0.5, 0.6) is 0 Å². The highest BCUT2D eigenvalue weighted by Crippen LogP contribution is 2.47. The number of nitrogens with one attached hydrogen (secondary N) is 2. The summed E-state index contributed by atoms with van der Waals surface area (Å²) in [5.74, 6) is -0.156. The van der Waals surface area contributed by atoms with Crippen LogP contribution in [0.15, 0.2) is 88.7 Å². The molecule has 2 N–H and O–H groups in total. The fourth-order valence-corrected chi connectivity index (χ4v) is 5.18. The van der Waals surface area contributed by atoms with E-state index in [9.17, 15) is 9.59 Å². The zero-order valence-electron chi connectivity index (χ0n) is 16.2. The van der Waals surface area contributed by atoms with Crippen LogP contribution < -0.4 is 10.6 Å². The molecule has 3 aromatic rings. The van der Waals surface area contributed by atoms with Crippen LogP contribution in [0.3, 0.4) is 0 Å². The van der Waals surface area contributed by atoms with Crippen molar-refractivity contribution in [3.63, 3.8) is 0 Å². The van der Waals surface area contributed by atoms with Gasteiger partial charge in [0.15, 0.2) is 0 Å². The highest BCUT2D eigenvalue weighted by atomic mass is 32.2. The van der Waals surface area contributed by atoms with Crippen LogP contribution in [-0.2, 0) is 9.59 Å². The predicted molar refractivity (Wildman–Crippen MR) is 122 cm³/mol. The van der Waals surface area contributed by atoms with E-state index in [1.165, 1.54) is 19.4 Å². The molecule has 6 heteroatoms. The van der Waals surface area contributed by atoms with E-state index >= 15 is 0 Å². The molecule has 0 atom stereocenters. The summed E-state index contributed by atoms with van der Waals surface area (Å²) in [6, 6.07) is 26.1. The Morgan fingerprint density at radius 1 is 0.655 bits per heavy atom. The Balaban J connectivity index is 1.76. The van der Waals surface area contributed by atoms with Crippen LogP contribution in [-0.4, -0.2) is 11.8 Å². The molecule has 0 unspecified atom stereocenters. The van der Waals surface area contributed by atoms with Gasteiger partial charge in [0.25, 0.3) is 0 Å². The molecule has 0 bridgehead atoms. The molecular weight excluding hydrogens is 400 g/mol. The van der Waals surface area contributed by atoms with E-state index in [0.717, 1.165) is 21.2 Å². The number of amides is 2. The number of hydrogen-bond donors (Lipinski definition) is 2. The third-order valence-electron chi connectivity index (χ3n) is 3.91. The van der Waals surface area contributed by atoms with E-state index in [2.05, 4.69) is 22.8 Å². The molecule has 0 saturated carbocycles. The summed E-state index contributed by atoms with van der Waals surface area (Å²) < 4.78 is 0.162. The summed E-state index contributed by atoms with van der Waals surface area (Å²) in [6.45, 7) is 3.00. The lowest BCUT2D eigenvalue weighted by molar-refractivity contribution is -0.115. The molecule has 0 spiro atoms. The van der Waals surface area contributed by atoms with Crippen molar-refractivity contribution in [2.24, 2.45) is 0 Å². The van der Waals surface area contributed by atoms with Gasteiger partial charge >= 0.3 is 0 Å². The monoisotopic (exact) mass is 422 g/mol. The zero-order valence-corrected chi connectivity index (χ0v) is 17.8. The largest absolute Gasteiger partial charge is 0.326 e. The number of anilines is 2. The molecule has 0 radical (unpaired) electrons. The van der Waals surface area contributed by atoms with Gasteiger partial charge in [-0.25, -0.2) is 0 Å². The number of rotatable bonds is 7. The summed E-state index contributed by atoms with van der Waals surface area (Å²) in [4.78, 5) is 24.6. The van der Waals surface area contributed by atoms with Crippen LogP contribution in [0.4, 0.5) is 11.4 Å². The van der Waals surface area contributed by atoms with Gasteiger partial charge in [0.05, 0.1) is 4.58 Å². The first kappa shape index (κ1) is 21.0. The summed E-state index contributed by atoms with van der Waals surface area (Å²) >= 11 is 3.52. The van der Waals surface area contributed by atoms with E-state index in [4.69, 9.17) is 0 Å². The van der Waals surface area contributed by atoms with Gasteiger partial charge in [-0.2, -0.15) is 0 Å². The molecule has 4 nitrogen and oxygen atoms in total. The van der Waals surface area contributed by atoms with Gasteiger partial charge in [0.2, 0.25) is 11.8 Å². The van der Waals surface area contributed by atoms with Crippen molar-refractivity contribution in [3.8, 4) is 0 Å². The molecule has 3 rings (SSSR count). The van der Waals surface area contributed by atoms with Gasteiger partial charge in [0.1, 0.15) is 0 Å². The van der Waals surface area contributed by atoms with Crippen molar-refractivity contribution in [1.29, 1.82) is 0 Å². The fraction of sp³-hybridized carbons (Fsp3) is 0.130. The lowest BCUT2D eigenvalue weighted by atomic mass is 10.2. The Labute approximate surface area is 179 Å². The fourth-order valence-electron chi connectivity index (χ4n) is 2.66. The molecule has 29 heavy (non-hydrogen) atoms. The first-order valence-electron chi connectivity index (χ1n) is 9.13. The Hall–Kier alpha value is -2.70. The Kier molecular flexibility index (Phi) is 7.38. The van der Waals surface area contributed by atoms with Crippen LogP contribution in [0.2, 0.25) is 0 Å². The molecule has 0 aliphatic heterocycles.